The van der Waals surface area contributed by atoms with Crippen LogP contribution in [0.3, 0.4) is 0 Å². The number of halogens is 2. The molecule has 7 rings (SSSR count). The van der Waals surface area contributed by atoms with E-state index in [9.17, 15) is 0 Å². The first kappa shape index (κ1) is 23.2. The van der Waals surface area contributed by atoms with Crippen molar-refractivity contribution < 1.29 is 8.78 Å². The Labute approximate surface area is 225 Å². The van der Waals surface area contributed by atoms with Gasteiger partial charge in [0.1, 0.15) is 0 Å². The minimum absolute atomic E-state index is 0.00911. The molecule has 0 saturated heterocycles. The lowest BCUT2D eigenvalue weighted by atomic mass is 9.99. The summed E-state index contributed by atoms with van der Waals surface area (Å²) >= 11 is 0. The number of rotatable bonds is 4. The third-order valence-electron chi connectivity index (χ3n) is 7.26. The molecule has 39 heavy (non-hydrogen) atoms. The SMILES string of the molecule is FC1(F)c2ccccc2-c2ccc(-c3cc(-c4ccc(-c5ccccc5)cc4)nc(-c4ccccc4)n3)cc21. The van der Waals surface area contributed by atoms with Crippen LogP contribution < -0.4 is 0 Å². The molecule has 0 aliphatic heterocycles. The van der Waals surface area contributed by atoms with Gasteiger partial charge in [-0.3, -0.25) is 0 Å². The Bertz CT molecular complexity index is 1810. The number of aromatic nitrogens is 2. The summed E-state index contributed by atoms with van der Waals surface area (Å²) in [4.78, 5) is 9.71. The van der Waals surface area contributed by atoms with Crippen LogP contribution in [-0.4, -0.2) is 9.97 Å². The Kier molecular flexibility index (Phi) is 5.41. The van der Waals surface area contributed by atoms with Crippen LogP contribution in [0.5, 0.6) is 0 Å². The Hall–Kier alpha value is -4.96. The highest BCUT2D eigenvalue weighted by atomic mass is 19.3. The highest BCUT2D eigenvalue weighted by molar-refractivity contribution is 5.83. The van der Waals surface area contributed by atoms with E-state index in [1.54, 1.807) is 30.3 Å². The summed E-state index contributed by atoms with van der Waals surface area (Å²) in [6.07, 6.45) is 0. The highest BCUT2D eigenvalue weighted by Gasteiger charge is 2.44. The van der Waals surface area contributed by atoms with Gasteiger partial charge >= 0.3 is 0 Å². The van der Waals surface area contributed by atoms with Gasteiger partial charge in [0.25, 0.3) is 5.92 Å². The summed E-state index contributed by atoms with van der Waals surface area (Å²) in [6, 6.07) is 42.0. The molecule has 1 aliphatic rings. The average molecular weight is 509 g/mol. The zero-order valence-corrected chi connectivity index (χ0v) is 20.9. The third kappa shape index (κ3) is 4.02. The van der Waals surface area contributed by atoms with Gasteiger partial charge in [0.05, 0.1) is 11.4 Å². The van der Waals surface area contributed by atoms with Crippen LogP contribution in [0.4, 0.5) is 8.78 Å². The van der Waals surface area contributed by atoms with Crippen LogP contribution in [0.15, 0.2) is 133 Å². The number of fused-ring (bicyclic) bond motifs is 3. The Morgan fingerprint density at radius 1 is 0.410 bits per heavy atom. The number of alkyl halides is 2. The monoisotopic (exact) mass is 508 g/mol. The largest absolute Gasteiger partial charge is 0.299 e. The molecule has 1 aliphatic carbocycles. The predicted molar refractivity (Wildman–Crippen MR) is 152 cm³/mol. The van der Waals surface area contributed by atoms with Crippen LogP contribution in [0, 0.1) is 0 Å². The second kappa shape index (κ2) is 9.10. The van der Waals surface area contributed by atoms with Gasteiger partial charge < -0.3 is 0 Å². The molecule has 1 heterocycles. The van der Waals surface area contributed by atoms with Gasteiger partial charge in [0.15, 0.2) is 5.82 Å². The van der Waals surface area contributed by atoms with Crippen molar-refractivity contribution in [1.82, 2.24) is 9.97 Å². The van der Waals surface area contributed by atoms with Gasteiger partial charge in [0.2, 0.25) is 0 Å². The number of nitrogens with zero attached hydrogens (tertiary/aromatic N) is 2. The van der Waals surface area contributed by atoms with E-state index in [4.69, 9.17) is 9.97 Å². The zero-order valence-electron chi connectivity index (χ0n) is 20.9. The summed E-state index contributed by atoms with van der Waals surface area (Å²) in [5.74, 6) is -2.52. The van der Waals surface area contributed by atoms with Crippen molar-refractivity contribution in [2.24, 2.45) is 0 Å². The van der Waals surface area contributed by atoms with Gasteiger partial charge in [-0.05, 0) is 34.4 Å². The summed E-state index contributed by atoms with van der Waals surface area (Å²) in [5.41, 5.74) is 7.19. The molecule has 0 unspecified atom stereocenters. The smallest absolute Gasteiger partial charge is 0.228 e. The van der Waals surface area contributed by atoms with Crippen LogP contribution >= 0.6 is 0 Å². The first-order valence-corrected chi connectivity index (χ1v) is 12.8. The lowest BCUT2D eigenvalue weighted by Gasteiger charge is -2.14. The standard InChI is InChI=1S/C35H22F2N2/c36-35(37)30-14-8-7-13-28(30)29-20-19-27(21-31(29)35)33-22-32(38-34(39-33)26-11-5-2-6-12-26)25-17-15-24(16-18-25)23-9-3-1-4-10-23/h1-22H. The molecule has 0 atom stereocenters. The molecule has 4 heteroatoms. The topological polar surface area (TPSA) is 25.8 Å². The molecule has 0 radical (unpaired) electrons. The van der Waals surface area contributed by atoms with Crippen LogP contribution in [-0.2, 0) is 5.92 Å². The first-order chi connectivity index (χ1) is 19.1. The molecule has 1 aromatic heterocycles. The molecule has 6 aromatic rings. The van der Waals surface area contributed by atoms with Crippen molar-refractivity contribution in [2.75, 3.05) is 0 Å². The van der Waals surface area contributed by atoms with Gasteiger partial charge in [-0.1, -0.05) is 121 Å². The molecule has 0 fully saturated rings. The van der Waals surface area contributed by atoms with E-state index in [1.807, 2.05) is 72.8 Å². The number of benzene rings is 5. The summed E-state index contributed by atoms with van der Waals surface area (Å²) < 4.78 is 30.9. The van der Waals surface area contributed by atoms with E-state index in [1.165, 1.54) is 6.07 Å². The summed E-state index contributed by atoms with van der Waals surface area (Å²) in [7, 11) is 0. The maximum atomic E-state index is 15.5. The molecule has 0 saturated carbocycles. The van der Waals surface area contributed by atoms with E-state index >= 15 is 8.78 Å². The average Bonchev–Trinajstić information content (AvgIpc) is 3.24. The molecular weight excluding hydrogens is 486 g/mol. The minimum Gasteiger partial charge on any atom is -0.228 e. The molecule has 0 amide bonds. The van der Waals surface area contributed by atoms with E-state index in [0.717, 1.165) is 27.9 Å². The fourth-order valence-electron chi connectivity index (χ4n) is 5.26. The van der Waals surface area contributed by atoms with Crippen molar-refractivity contribution in [3.63, 3.8) is 0 Å². The van der Waals surface area contributed by atoms with Gasteiger partial charge in [-0.2, -0.15) is 8.78 Å². The molecule has 5 aromatic carbocycles. The third-order valence-corrected chi connectivity index (χ3v) is 7.26. The molecule has 0 spiro atoms. The Morgan fingerprint density at radius 2 is 0.923 bits per heavy atom. The Morgan fingerprint density at radius 3 is 1.64 bits per heavy atom. The second-order valence-electron chi connectivity index (χ2n) is 9.65. The van der Waals surface area contributed by atoms with Crippen molar-refractivity contribution in [3.8, 4) is 56.2 Å². The van der Waals surface area contributed by atoms with Crippen LogP contribution in [0.2, 0.25) is 0 Å². The number of hydrogen-bond donors (Lipinski definition) is 0. The fourth-order valence-corrected chi connectivity index (χ4v) is 5.26. The summed E-state index contributed by atoms with van der Waals surface area (Å²) in [5, 5.41) is 0. The highest BCUT2D eigenvalue weighted by Crippen LogP contribution is 2.51. The summed E-state index contributed by atoms with van der Waals surface area (Å²) in [6.45, 7) is 0. The lowest BCUT2D eigenvalue weighted by Crippen LogP contribution is -2.10. The Balaban J connectivity index is 1.35. The van der Waals surface area contributed by atoms with Crippen molar-refractivity contribution >= 4 is 0 Å². The fraction of sp³-hybridized carbons (Fsp3) is 0.0286. The first-order valence-electron chi connectivity index (χ1n) is 12.8. The molecule has 0 N–H and O–H groups in total. The number of hydrogen-bond acceptors (Lipinski definition) is 2. The van der Waals surface area contributed by atoms with E-state index in [0.29, 0.717) is 28.2 Å². The maximum absolute atomic E-state index is 15.5. The van der Waals surface area contributed by atoms with Gasteiger partial charge in [-0.25, -0.2) is 9.97 Å². The van der Waals surface area contributed by atoms with Crippen molar-refractivity contribution in [2.45, 2.75) is 5.92 Å². The lowest BCUT2D eigenvalue weighted by molar-refractivity contribution is 0.0480. The van der Waals surface area contributed by atoms with Crippen LogP contribution in [0.1, 0.15) is 11.1 Å². The van der Waals surface area contributed by atoms with E-state index < -0.39 is 5.92 Å². The normalized spacial score (nSPS) is 13.1. The van der Waals surface area contributed by atoms with Crippen molar-refractivity contribution in [3.05, 3.63) is 145 Å². The maximum Gasteiger partial charge on any atom is 0.299 e. The van der Waals surface area contributed by atoms with Crippen LogP contribution in [0.25, 0.3) is 56.2 Å². The molecule has 2 nitrogen and oxygen atoms in total. The molecular formula is C35H22F2N2. The quantitative estimate of drug-likeness (QED) is 0.237. The van der Waals surface area contributed by atoms with Gasteiger partial charge in [-0.15, -0.1) is 0 Å². The van der Waals surface area contributed by atoms with Gasteiger partial charge in [0, 0.05) is 27.8 Å². The van der Waals surface area contributed by atoms with E-state index in [-0.39, 0.29) is 11.1 Å². The predicted octanol–water partition coefficient (Wildman–Crippen LogP) is 9.27. The molecule has 0 bridgehead atoms. The zero-order chi connectivity index (χ0) is 26.4. The van der Waals surface area contributed by atoms with E-state index in [2.05, 4.69) is 24.3 Å². The minimum atomic E-state index is -3.06. The van der Waals surface area contributed by atoms with Crippen molar-refractivity contribution in [1.29, 1.82) is 0 Å². The second-order valence-corrected chi connectivity index (χ2v) is 9.65. The molecule has 186 valence electrons.